The zero-order valence-electron chi connectivity index (χ0n) is 17.0. The summed E-state index contributed by atoms with van der Waals surface area (Å²) in [7, 11) is 0. The molecule has 5 nitrogen and oxygen atoms in total. The van der Waals surface area contributed by atoms with E-state index in [1.807, 2.05) is 24.3 Å². The quantitative estimate of drug-likeness (QED) is 0.612. The number of nitrogens with zero attached hydrogens (tertiary/aromatic N) is 1. The Labute approximate surface area is 180 Å². The Morgan fingerprint density at radius 2 is 1.52 bits per heavy atom. The van der Waals surface area contributed by atoms with Crippen LogP contribution >= 0.6 is 0 Å². The maximum atomic E-state index is 12.9. The molecule has 0 aromatic heterocycles. The van der Waals surface area contributed by atoms with Gasteiger partial charge in [-0.15, -0.1) is 0 Å². The minimum Gasteiger partial charge on any atom is -0.508 e. The average Bonchev–Trinajstić information content (AvgIpc) is 3.41. The van der Waals surface area contributed by atoms with Gasteiger partial charge in [0.25, 0.3) is 0 Å². The maximum absolute atomic E-state index is 12.9. The highest BCUT2D eigenvalue weighted by atomic mass is 16.6. The molecule has 5 rings (SSSR count). The number of ether oxygens (including phenoxy) is 1. The van der Waals surface area contributed by atoms with Crippen LogP contribution in [0.25, 0.3) is 11.1 Å². The van der Waals surface area contributed by atoms with Crippen molar-refractivity contribution in [2.45, 2.75) is 24.8 Å². The number of amides is 1. The van der Waals surface area contributed by atoms with Crippen LogP contribution in [0, 0.1) is 0 Å². The van der Waals surface area contributed by atoms with Crippen molar-refractivity contribution in [1.29, 1.82) is 0 Å². The van der Waals surface area contributed by atoms with Gasteiger partial charge in [-0.05, 0) is 59.4 Å². The number of Topliss-reactive ketones (excluding diaryl/α,β-unsaturated/α-hetero) is 1. The molecule has 0 bridgehead atoms. The van der Waals surface area contributed by atoms with E-state index in [0.717, 1.165) is 17.5 Å². The number of carbonyl (C=O) groups is 2. The number of benzene rings is 3. The normalized spacial score (nSPS) is 17.3. The molecular weight excluding hydrogens is 390 g/mol. The smallest absolute Gasteiger partial charge is 0.410 e. The van der Waals surface area contributed by atoms with Gasteiger partial charge >= 0.3 is 6.09 Å². The fourth-order valence-corrected chi connectivity index (χ4v) is 4.75. The number of phenolic OH excluding ortho intramolecular Hbond substituents is 1. The second kappa shape index (κ2) is 7.91. The Bertz CT molecular complexity index is 1090. The van der Waals surface area contributed by atoms with E-state index in [1.165, 1.54) is 23.3 Å². The van der Waals surface area contributed by atoms with Gasteiger partial charge in [0.05, 0.1) is 6.04 Å². The van der Waals surface area contributed by atoms with Crippen LogP contribution in [-0.2, 0) is 4.74 Å². The number of rotatable bonds is 4. The second-order valence-corrected chi connectivity index (χ2v) is 8.07. The number of likely N-dealkylation sites (tertiary alicyclic amines) is 1. The predicted molar refractivity (Wildman–Crippen MR) is 117 cm³/mol. The molecule has 5 heteroatoms. The van der Waals surface area contributed by atoms with Gasteiger partial charge in [0.15, 0.2) is 5.78 Å². The third-order valence-corrected chi connectivity index (χ3v) is 6.28. The lowest BCUT2D eigenvalue weighted by molar-refractivity contribution is 0.0752. The van der Waals surface area contributed by atoms with Gasteiger partial charge in [0.1, 0.15) is 12.4 Å². The van der Waals surface area contributed by atoms with Crippen molar-refractivity contribution in [2.75, 3.05) is 13.2 Å². The van der Waals surface area contributed by atoms with E-state index in [1.54, 1.807) is 17.0 Å². The first kappa shape index (κ1) is 19.4. The van der Waals surface area contributed by atoms with E-state index in [9.17, 15) is 14.7 Å². The zero-order chi connectivity index (χ0) is 21.4. The lowest BCUT2D eigenvalue weighted by atomic mass is 9.98. The van der Waals surface area contributed by atoms with Crippen molar-refractivity contribution in [3.05, 3.63) is 89.5 Å². The molecule has 0 saturated carbocycles. The fraction of sp³-hybridized carbons (Fsp3) is 0.231. The van der Waals surface area contributed by atoms with E-state index in [-0.39, 0.29) is 24.1 Å². The first-order valence-corrected chi connectivity index (χ1v) is 10.6. The summed E-state index contributed by atoms with van der Waals surface area (Å²) in [6.45, 7) is 0.745. The van der Waals surface area contributed by atoms with E-state index in [0.29, 0.717) is 18.5 Å². The summed E-state index contributed by atoms with van der Waals surface area (Å²) in [4.78, 5) is 27.4. The number of ketones is 1. The molecule has 0 radical (unpaired) electrons. The average molecular weight is 413 g/mol. The summed E-state index contributed by atoms with van der Waals surface area (Å²) >= 11 is 0. The van der Waals surface area contributed by atoms with E-state index in [4.69, 9.17) is 4.74 Å². The van der Waals surface area contributed by atoms with Crippen molar-refractivity contribution in [2.24, 2.45) is 0 Å². The van der Waals surface area contributed by atoms with Gasteiger partial charge < -0.3 is 9.84 Å². The minimum absolute atomic E-state index is 0.00907. The van der Waals surface area contributed by atoms with E-state index >= 15 is 0 Å². The van der Waals surface area contributed by atoms with Crippen LogP contribution < -0.4 is 0 Å². The molecule has 0 spiro atoms. The molecule has 1 fully saturated rings. The van der Waals surface area contributed by atoms with Gasteiger partial charge in [-0.1, -0.05) is 48.5 Å². The Morgan fingerprint density at radius 3 is 2.16 bits per heavy atom. The molecule has 1 heterocycles. The summed E-state index contributed by atoms with van der Waals surface area (Å²) in [5.74, 6) is -0.0208. The third kappa shape index (κ3) is 3.46. The zero-order valence-corrected chi connectivity index (χ0v) is 17.0. The number of hydrogen-bond donors (Lipinski definition) is 1. The highest BCUT2D eigenvalue weighted by molar-refractivity contribution is 6.01. The molecule has 3 aromatic rings. The van der Waals surface area contributed by atoms with Crippen molar-refractivity contribution >= 4 is 11.9 Å². The SMILES string of the molecule is O=C(c1ccc(O)cc1)C1CCCN1C(=O)OCC1c2ccccc2-c2ccccc21. The highest BCUT2D eigenvalue weighted by Crippen LogP contribution is 2.44. The second-order valence-electron chi connectivity index (χ2n) is 8.07. The largest absolute Gasteiger partial charge is 0.508 e. The van der Waals surface area contributed by atoms with Gasteiger partial charge in [-0.3, -0.25) is 9.69 Å². The van der Waals surface area contributed by atoms with Crippen LogP contribution in [0.4, 0.5) is 4.79 Å². The van der Waals surface area contributed by atoms with Crippen LogP contribution in [0.5, 0.6) is 5.75 Å². The van der Waals surface area contributed by atoms with Crippen molar-refractivity contribution in [3.63, 3.8) is 0 Å². The summed E-state index contributed by atoms with van der Waals surface area (Å²) in [5, 5.41) is 9.46. The van der Waals surface area contributed by atoms with E-state index < -0.39 is 12.1 Å². The molecule has 1 saturated heterocycles. The summed E-state index contributed by atoms with van der Waals surface area (Å²) in [5.41, 5.74) is 5.17. The Hall–Kier alpha value is -3.60. The van der Waals surface area contributed by atoms with Gasteiger partial charge in [0, 0.05) is 18.0 Å². The van der Waals surface area contributed by atoms with Crippen LogP contribution in [0.3, 0.4) is 0 Å². The lowest BCUT2D eigenvalue weighted by Crippen LogP contribution is -2.41. The molecule has 1 atom stereocenters. The number of carbonyl (C=O) groups excluding carboxylic acids is 2. The molecule has 1 N–H and O–H groups in total. The Morgan fingerprint density at radius 1 is 0.903 bits per heavy atom. The third-order valence-electron chi connectivity index (χ3n) is 6.28. The monoisotopic (exact) mass is 413 g/mol. The van der Waals surface area contributed by atoms with Crippen molar-refractivity contribution in [1.82, 2.24) is 4.90 Å². The minimum atomic E-state index is -0.528. The van der Waals surface area contributed by atoms with E-state index in [2.05, 4.69) is 24.3 Å². The molecule has 1 amide bonds. The molecule has 1 aliphatic heterocycles. The van der Waals surface area contributed by atoms with Crippen LogP contribution in [0.1, 0.15) is 40.2 Å². The van der Waals surface area contributed by atoms with Gasteiger partial charge in [-0.25, -0.2) is 4.79 Å². The first-order chi connectivity index (χ1) is 15.1. The van der Waals surface area contributed by atoms with Gasteiger partial charge in [0.2, 0.25) is 0 Å². The number of fused-ring (bicyclic) bond motifs is 3. The van der Waals surface area contributed by atoms with Crippen LogP contribution in [0.2, 0.25) is 0 Å². The molecule has 31 heavy (non-hydrogen) atoms. The molecule has 1 aliphatic carbocycles. The van der Waals surface area contributed by atoms with Crippen LogP contribution in [0.15, 0.2) is 72.8 Å². The first-order valence-electron chi connectivity index (χ1n) is 10.6. The summed E-state index contributed by atoms with van der Waals surface area (Å²) in [6.07, 6.45) is 0.930. The molecule has 156 valence electrons. The standard InChI is InChI=1S/C26H23NO4/c28-18-13-11-17(12-14-18)25(29)24-10-5-15-27(24)26(30)31-16-23-21-8-3-1-6-19(21)20-7-2-4-9-22(20)23/h1-4,6-9,11-14,23-24,28H,5,10,15-16H2. The number of aromatic hydroxyl groups is 1. The number of hydrogen-bond acceptors (Lipinski definition) is 4. The van der Waals surface area contributed by atoms with Gasteiger partial charge in [-0.2, -0.15) is 0 Å². The Kier molecular flexibility index (Phi) is 4.94. The number of phenols is 1. The van der Waals surface area contributed by atoms with Crippen molar-refractivity contribution in [3.8, 4) is 16.9 Å². The Balaban J connectivity index is 1.31. The van der Waals surface area contributed by atoms with Crippen LogP contribution in [-0.4, -0.2) is 41.1 Å². The highest BCUT2D eigenvalue weighted by Gasteiger charge is 2.36. The lowest BCUT2D eigenvalue weighted by Gasteiger charge is -2.24. The summed E-state index contributed by atoms with van der Waals surface area (Å²) < 4.78 is 5.75. The van der Waals surface area contributed by atoms with Crippen molar-refractivity contribution < 1.29 is 19.4 Å². The molecule has 1 unspecified atom stereocenters. The topological polar surface area (TPSA) is 66.8 Å². The maximum Gasteiger partial charge on any atom is 0.410 e. The molecular formula is C26H23NO4. The fourth-order valence-electron chi connectivity index (χ4n) is 4.75. The summed E-state index contributed by atoms with van der Waals surface area (Å²) in [6, 6.07) is 22.0. The predicted octanol–water partition coefficient (Wildman–Crippen LogP) is 4.99. The molecule has 2 aliphatic rings. The molecule has 3 aromatic carbocycles.